The highest BCUT2D eigenvalue weighted by atomic mass is 19.1. The molecule has 0 radical (unpaired) electrons. The summed E-state index contributed by atoms with van der Waals surface area (Å²) in [6, 6.07) is 21.5. The molecule has 0 saturated heterocycles. The number of esters is 1. The molecule has 1 aliphatic heterocycles. The first-order valence-corrected chi connectivity index (χ1v) is 11.8. The zero-order chi connectivity index (χ0) is 22.1. The predicted octanol–water partition coefficient (Wildman–Crippen LogP) is 7.63. The third-order valence-electron chi connectivity index (χ3n) is 7.38. The van der Waals surface area contributed by atoms with Gasteiger partial charge in [0.25, 0.3) is 0 Å². The van der Waals surface area contributed by atoms with Gasteiger partial charge in [0.05, 0.1) is 5.56 Å². The van der Waals surface area contributed by atoms with Gasteiger partial charge in [0, 0.05) is 12.0 Å². The fourth-order valence-electron chi connectivity index (χ4n) is 5.35. The minimum atomic E-state index is -0.575. The van der Waals surface area contributed by atoms with Crippen LogP contribution in [0.15, 0.2) is 66.7 Å². The van der Waals surface area contributed by atoms with Crippen molar-refractivity contribution in [2.75, 3.05) is 0 Å². The van der Waals surface area contributed by atoms with Crippen molar-refractivity contribution < 1.29 is 13.9 Å². The van der Waals surface area contributed by atoms with Crippen LogP contribution in [0.1, 0.15) is 78.1 Å². The highest BCUT2D eigenvalue weighted by molar-refractivity contribution is 5.94. The molecule has 32 heavy (non-hydrogen) atoms. The van der Waals surface area contributed by atoms with Crippen LogP contribution in [0.2, 0.25) is 0 Å². The Morgan fingerprint density at radius 1 is 0.875 bits per heavy atom. The number of carbonyl (C=O) groups excluding carboxylic acids is 1. The van der Waals surface area contributed by atoms with Crippen molar-refractivity contribution in [2.24, 2.45) is 5.92 Å². The smallest absolute Gasteiger partial charge is 0.342 e. The Morgan fingerprint density at radius 2 is 1.56 bits per heavy atom. The predicted molar refractivity (Wildman–Crippen MR) is 125 cm³/mol. The fraction of sp³-hybridized carbons (Fsp3) is 0.345. The maximum absolute atomic E-state index is 15.2. The second-order valence-corrected chi connectivity index (χ2v) is 9.22. The Bertz CT molecular complexity index is 1100. The summed E-state index contributed by atoms with van der Waals surface area (Å²) in [6.45, 7) is 2.29. The van der Waals surface area contributed by atoms with Gasteiger partial charge in [0.2, 0.25) is 0 Å². The molecule has 2 nitrogen and oxygen atoms in total. The number of hydrogen-bond donors (Lipinski definition) is 0. The summed E-state index contributed by atoms with van der Waals surface area (Å²) < 4.78 is 20.9. The van der Waals surface area contributed by atoms with Crippen molar-refractivity contribution in [3.05, 3.63) is 94.8 Å². The molecule has 5 rings (SSSR count). The molecular formula is C29H29FO2. The van der Waals surface area contributed by atoms with Crippen molar-refractivity contribution in [1.29, 1.82) is 0 Å². The summed E-state index contributed by atoms with van der Waals surface area (Å²) in [7, 11) is 0. The number of hydrogen-bond acceptors (Lipinski definition) is 2. The summed E-state index contributed by atoms with van der Waals surface area (Å²) in [4.78, 5) is 12.8. The Labute approximate surface area is 189 Å². The Balaban J connectivity index is 1.35. The molecule has 0 spiro atoms. The number of benzene rings is 3. The third kappa shape index (κ3) is 3.97. The lowest BCUT2D eigenvalue weighted by Crippen LogP contribution is -2.23. The van der Waals surface area contributed by atoms with Crippen LogP contribution in [-0.2, 0) is 11.2 Å². The first-order chi connectivity index (χ1) is 15.6. The molecule has 2 aliphatic rings. The molecule has 1 aliphatic carbocycles. The van der Waals surface area contributed by atoms with E-state index in [0.717, 1.165) is 17.0 Å². The van der Waals surface area contributed by atoms with Crippen molar-refractivity contribution in [3.63, 3.8) is 0 Å². The minimum Gasteiger partial charge on any atom is -0.453 e. The summed E-state index contributed by atoms with van der Waals surface area (Å²) in [6.07, 6.45) is 6.55. The largest absolute Gasteiger partial charge is 0.453 e. The van der Waals surface area contributed by atoms with Crippen LogP contribution in [0.3, 0.4) is 0 Å². The minimum absolute atomic E-state index is 0.0758. The number of carbonyl (C=O) groups is 1. The monoisotopic (exact) mass is 428 g/mol. The first kappa shape index (κ1) is 20.9. The number of rotatable bonds is 4. The SMILES string of the molecule is CCC1CCC(c2ccc(C3Cc4ccc(-c5ccccc5)c(F)c4C(=O)O3)cc2)CC1. The van der Waals surface area contributed by atoms with Gasteiger partial charge in [-0.3, -0.25) is 0 Å². The van der Waals surface area contributed by atoms with E-state index in [1.54, 1.807) is 6.07 Å². The van der Waals surface area contributed by atoms with Crippen molar-refractivity contribution in [3.8, 4) is 11.1 Å². The fourth-order valence-corrected chi connectivity index (χ4v) is 5.35. The van der Waals surface area contributed by atoms with Gasteiger partial charge in [-0.25, -0.2) is 9.18 Å². The van der Waals surface area contributed by atoms with Gasteiger partial charge < -0.3 is 4.74 Å². The van der Waals surface area contributed by atoms with E-state index in [9.17, 15) is 4.79 Å². The summed E-state index contributed by atoms with van der Waals surface area (Å²) >= 11 is 0. The van der Waals surface area contributed by atoms with Gasteiger partial charge in [-0.2, -0.15) is 0 Å². The van der Waals surface area contributed by atoms with E-state index in [0.29, 0.717) is 23.5 Å². The van der Waals surface area contributed by atoms with Gasteiger partial charge in [-0.1, -0.05) is 80.1 Å². The maximum atomic E-state index is 15.2. The molecular weight excluding hydrogens is 399 g/mol. The number of halogens is 1. The van der Waals surface area contributed by atoms with Crippen LogP contribution in [-0.4, -0.2) is 5.97 Å². The molecule has 1 fully saturated rings. The number of ether oxygens (including phenoxy) is 1. The van der Waals surface area contributed by atoms with Crippen LogP contribution in [0.4, 0.5) is 4.39 Å². The lowest BCUT2D eigenvalue weighted by Gasteiger charge is -2.29. The van der Waals surface area contributed by atoms with Gasteiger partial charge in [-0.15, -0.1) is 0 Å². The molecule has 3 aromatic rings. The molecule has 0 bridgehead atoms. The Morgan fingerprint density at radius 3 is 2.25 bits per heavy atom. The quantitative estimate of drug-likeness (QED) is 0.399. The molecule has 3 aromatic carbocycles. The molecule has 0 amide bonds. The van der Waals surface area contributed by atoms with Gasteiger partial charge in [0.1, 0.15) is 11.9 Å². The standard InChI is InChI=1S/C29H29FO2/c1-2-19-8-10-20(11-9-19)21-12-14-23(15-13-21)26-18-24-16-17-25(22-6-4-3-5-7-22)28(30)27(24)29(31)32-26/h3-7,12-17,19-20,26H,2,8-11,18H2,1H3. The van der Waals surface area contributed by atoms with E-state index in [-0.39, 0.29) is 11.7 Å². The molecule has 164 valence electrons. The summed E-state index contributed by atoms with van der Waals surface area (Å²) in [5, 5.41) is 0. The van der Waals surface area contributed by atoms with Gasteiger partial charge in [0.15, 0.2) is 0 Å². The van der Waals surface area contributed by atoms with E-state index in [4.69, 9.17) is 4.74 Å². The Hall–Kier alpha value is -2.94. The molecule has 1 saturated carbocycles. The van der Waals surface area contributed by atoms with E-state index < -0.39 is 11.8 Å². The van der Waals surface area contributed by atoms with E-state index in [1.807, 2.05) is 36.4 Å². The lowest BCUT2D eigenvalue weighted by atomic mass is 9.77. The van der Waals surface area contributed by atoms with E-state index >= 15 is 4.39 Å². The molecule has 1 heterocycles. The Kier molecular flexibility index (Phi) is 5.82. The summed E-state index contributed by atoms with van der Waals surface area (Å²) in [5.41, 5.74) is 4.33. The average molecular weight is 429 g/mol. The molecule has 1 atom stereocenters. The van der Waals surface area contributed by atoms with Gasteiger partial charge >= 0.3 is 5.97 Å². The highest BCUT2D eigenvalue weighted by Crippen LogP contribution is 2.39. The topological polar surface area (TPSA) is 26.3 Å². The molecule has 1 unspecified atom stereocenters. The molecule has 0 aromatic heterocycles. The zero-order valence-electron chi connectivity index (χ0n) is 18.5. The van der Waals surface area contributed by atoms with Gasteiger partial charge in [-0.05, 0) is 59.8 Å². The summed E-state index contributed by atoms with van der Waals surface area (Å²) in [5.74, 6) is 0.450. The zero-order valence-corrected chi connectivity index (χ0v) is 18.5. The van der Waals surface area contributed by atoms with Crippen LogP contribution in [0, 0.1) is 11.7 Å². The van der Waals surface area contributed by atoms with Crippen molar-refractivity contribution in [2.45, 2.75) is 57.5 Å². The van der Waals surface area contributed by atoms with Crippen molar-refractivity contribution in [1.82, 2.24) is 0 Å². The van der Waals surface area contributed by atoms with E-state index in [1.165, 1.54) is 37.7 Å². The van der Waals surface area contributed by atoms with Crippen LogP contribution >= 0.6 is 0 Å². The molecule has 0 N–H and O–H groups in total. The van der Waals surface area contributed by atoms with Crippen molar-refractivity contribution >= 4 is 5.97 Å². The molecule has 3 heteroatoms. The maximum Gasteiger partial charge on any atom is 0.342 e. The van der Waals surface area contributed by atoms with Crippen LogP contribution in [0.25, 0.3) is 11.1 Å². The second-order valence-electron chi connectivity index (χ2n) is 9.22. The first-order valence-electron chi connectivity index (χ1n) is 11.8. The number of cyclic esters (lactones) is 1. The second kappa shape index (κ2) is 8.90. The van der Waals surface area contributed by atoms with E-state index in [2.05, 4.69) is 31.2 Å². The lowest BCUT2D eigenvalue weighted by molar-refractivity contribution is 0.0246. The highest BCUT2D eigenvalue weighted by Gasteiger charge is 2.32. The third-order valence-corrected chi connectivity index (χ3v) is 7.38. The average Bonchev–Trinajstić information content (AvgIpc) is 2.84. The number of fused-ring (bicyclic) bond motifs is 1. The van der Waals surface area contributed by atoms with Crippen LogP contribution in [0.5, 0.6) is 0 Å². The van der Waals surface area contributed by atoms with Crippen LogP contribution < -0.4 is 0 Å². The normalized spacial score (nSPS) is 22.8.